The lowest BCUT2D eigenvalue weighted by atomic mass is 9.97. The van der Waals surface area contributed by atoms with Crippen molar-refractivity contribution in [1.82, 2.24) is 5.32 Å². The summed E-state index contributed by atoms with van der Waals surface area (Å²) in [6.45, 7) is 2.32. The Kier molecular flexibility index (Phi) is 1.23. The average Bonchev–Trinajstić information content (AvgIpc) is 2.71. The molecule has 0 radical (unpaired) electrons. The number of hydrogen-bond donors (Lipinski definition) is 1. The van der Waals surface area contributed by atoms with Gasteiger partial charge in [-0.25, -0.2) is 0 Å². The molecule has 0 bridgehead atoms. The van der Waals surface area contributed by atoms with Crippen molar-refractivity contribution in [2.24, 2.45) is 16.1 Å². The Labute approximate surface area is 54.5 Å². The third-order valence-electron chi connectivity index (χ3n) is 2.05. The molecule has 0 unspecified atom stereocenters. The van der Waals surface area contributed by atoms with Gasteiger partial charge in [-0.05, 0) is 25.9 Å². The summed E-state index contributed by atoms with van der Waals surface area (Å²) in [5, 5.41) is 11.2. The molecule has 0 aromatic rings. The Morgan fingerprint density at radius 3 is 2.33 bits per heavy atom. The van der Waals surface area contributed by atoms with Crippen LogP contribution in [0, 0.1) is 5.92 Å². The molecule has 0 aromatic carbocycles. The third kappa shape index (κ3) is 1.10. The molecule has 3 nitrogen and oxygen atoms in total. The van der Waals surface area contributed by atoms with E-state index in [1.165, 1.54) is 12.8 Å². The SMILES string of the molecule is C1CC(C2N=N2)CCN1. The molecule has 1 saturated heterocycles. The number of hydrogen-bond acceptors (Lipinski definition) is 3. The predicted molar refractivity (Wildman–Crippen MR) is 34.2 cm³/mol. The topological polar surface area (TPSA) is 36.8 Å². The van der Waals surface area contributed by atoms with Gasteiger partial charge >= 0.3 is 0 Å². The van der Waals surface area contributed by atoms with E-state index >= 15 is 0 Å². The first-order valence-corrected chi connectivity index (χ1v) is 3.57. The number of nitrogens with zero attached hydrogens (tertiary/aromatic N) is 2. The maximum atomic E-state index is 3.92. The van der Waals surface area contributed by atoms with Crippen LogP contribution < -0.4 is 5.32 Å². The van der Waals surface area contributed by atoms with Crippen LogP contribution in [0.4, 0.5) is 0 Å². The van der Waals surface area contributed by atoms with Gasteiger partial charge in [-0.15, -0.1) is 0 Å². The molecule has 2 aliphatic heterocycles. The molecular weight excluding hydrogens is 114 g/mol. The van der Waals surface area contributed by atoms with Crippen LogP contribution in [-0.2, 0) is 0 Å². The minimum Gasteiger partial charge on any atom is -0.317 e. The molecule has 3 heteroatoms. The van der Waals surface area contributed by atoms with Gasteiger partial charge in [0.1, 0.15) is 0 Å². The summed E-state index contributed by atoms with van der Waals surface area (Å²) in [4.78, 5) is 0. The van der Waals surface area contributed by atoms with E-state index in [4.69, 9.17) is 0 Å². The van der Waals surface area contributed by atoms with E-state index in [0.29, 0.717) is 6.17 Å². The van der Waals surface area contributed by atoms with Crippen molar-refractivity contribution in [2.75, 3.05) is 13.1 Å². The van der Waals surface area contributed by atoms with E-state index in [0.717, 1.165) is 19.0 Å². The molecule has 2 heterocycles. The molecule has 0 atom stereocenters. The van der Waals surface area contributed by atoms with Crippen LogP contribution in [0.2, 0.25) is 0 Å². The lowest BCUT2D eigenvalue weighted by Gasteiger charge is -2.19. The Bertz CT molecular complexity index is 120. The number of piperidine rings is 1. The molecule has 0 saturated carbocycles. The summed E-state index contributed by atoms with van der Waals surface area (Å²) in [5.41, 5.74) is 0. The van der Waals surface area contributed by atoms with Gasteiger partial charge in [-0.3, -0.25) is 0 Å². The molecule has 2 rings (SSSR count). The van der Waals surface area contributed by atoms with Crippen LogP contribution in [0.3, 0.4) is 0 Å². The predicted octanol–water partition coefficient (Wildman–Crippen LogP) is 0.778. The van der Waals surface area contributed by atoms with Crippen LogP contribution in [0.25, 0.3) is 0 Å². The summed E-state index contributed by atoms with van der Waals surface area (Å²) in [7, 11) is 0. The van der Waals surface area contributed by atoms with Gasteiger partial charge in [-0.2, -0.15) is 10.2 Å². The highest BCUT2D eigenvalue weighted by molar-refractivity contribution is 4.83. The second-order valence-electron chi connectivity index (χ2n) is 2.73. The van der Waals surface area contributed by atoms with Crippen LogP contribution in [0.5, 0.6) is 0 Å². The zero-order valence-corrected chi connectivity index (χ0v) is 5.38. The van der Waals surface area contributed by atoms with E-state index in [2.05, 4.69) is 15.5 Å². The summed E-state index contributed by atoms with van der Waals surface area (Å²) in [6, 6.07) is 0. The van der Waals surface area contributed by atoms with Crippen molar-refractivity contribution in [3.05, 3.63) is 0 Å². The highest BCUT2D eigenvalue weighted by Gasteiger charge is 2.28. The first-order valence-electron chi connectivity index (χ1n) is 3.57. The van der Waals surface area contributed by atoms with Crippen molar-refractivity contribution in [3.8, 4) is 0 Å². The monoisotopic (exact) mass is 125 g/mol. The molecule has 0 spiro atoms. The molecule has 50 valence electrons. The quantitative estimate of drug-likeness (QED) is 0.552. The van der Waals surface area contributed by atoms with Gasteiger partial charge < -0.3 is 5.32 Å². The van der Waals surface area contributed by atoms with Gasteiger partial charge in [0.05, 0.1) is 0 Å². The first kappa shape index (κ1) is 5.35. The molecule has 2 aliphatic rings. The summed E-state index contributed by atoms with van der Waals surface area (Å²) in [5.74, 6) is 0.770. The van der Waals surface area contributed by atoms with Crippen LogP contribution in [0.1, 0.15) is 12.8 Å². The van der Waals surface area contributed by atoms with Gasteiger partial charge in [0.25, 0.3) is 0 Å². The van der Waals surface area contributed by atoms with Crippen molar-refractivity contribution in [3.63, 3.8) is 0 Å². The van der Waals surface area contributed by atoms with Crippen molar-refractivity contribution in [2.45, 2.75) is 19.0 Å². The maximum absolute atomic E-state index is 3.92. The second-order valence-corrected chi connectivity index (χ2v) is 2.73. The lowest BCUT2D eigenvalue weighted by molar-refractivity contribution is 0.362. The van der Waals surface area contributed by atoms with E-state index in [-0.39, 0.29) is 0 Å². The highest BCUT2D eigenvalue weighted by Crippen LogP contribution is 2.27. The fraction of sp³-hybridized carbons (Fsp3) is 1.00. The maximum Gasteiger partial charge on any atom is 0.183 e. The number of nitrogens with one attached hydrogen (secondary N) is 1. The molecule has 9 heavy (non-hydrogen) atoms. The third-order valence-corrected chi connectivity index (χ3v) is 2.05. The average molecular weight is 125 g/mol. The normalized spacial score (nSPS) is 28.9. The smallest absolute Gasteiger partial charge is 0.183 e. The van der Waals surface area contributed by atoms with E-state index in [1.807, 2.05) is 0 Å². The number of rotatable bonds is 1. The molecule has 1 fully saturated rings. The van der Waals surface area contributed by atoms with Gasteiger partial charge in [0.2, 0.25) is 0 Å². The Balaban J connectivity index is 1.81. The fourth-order valence-electron chi connectivity index (χ4n) is 1.37. The van der Waals surface area contributed by atoms with Crippen LogP contribution in [-0.4, -0.2) is 19.3 Å². The summed E-state index contributed by atoms with van der Waals surface area (Å²) in [6.07, 6.45) is 2.92. The van der Waals surface area contributed by atoms with Gasteiger partial charge in [0, 0.05) is 5.92 Å². The first-order chi connectivity index (χ1) is 4.47. The zero-order chi connectivity index (χ0) is 6.10. The minimum absolute atomic E-state index is 0.395. The fourth-order valence-corrected chi connectivity index (χ4v) is 1.37. The van der Waals surface area contributed by atoms with Gasteiger partial charge in [0.15, 0.2) is 6.17 Å². The minimum atomic E-state index is 0.395. The molecular formula is C6H11N3. The van der Waals surface area contributed by atoms with Crippen LogP contribution >= 0.6 is 0 Å². The van der Waals surface area contributed by atoms with Crippen molar-refractivity contribution in [1.29, 1.82) is 0 Å². The Hall–Kier alpha value is -0.440. The molecule has 1 N–H and O–H groups in total. The molecule has 0 aliphatic carbocycles. The summed E-state index contributed by atoms with van der Waals surface area (Å²) < 4.78 is 0. The van der Waals surface area contributed by atoms with E-state index in [1.54, 1.807) is 0 Å². The second kappa shape index (κ2) is 2.06. The Morgan fingerprint density at radius 1 is 1.11 bits per heavy atom. The van der Waals surface area contributed by atoms with E-state index in [9.17, 15) is 0 Å². The molecule has 0 aromatic heterocycles. The van der Waals surface area contributed by atoms with Crippen LogP contribution in [0.15, 0.2) is 10.2 Å². The summed E-state index contributed by atoms with van der Waals surface area (Å²) >= 11 is 0. The van der Waals surface area contributed by atoms with Gasteiger partial charge in [-0.1, -0.05) is 0 Å². The van der Waals surface area contributed by atoms with E-state index < -0.39 is 0 Å². The van der Waals surface area contributed by atoms with Crippen molar-refractivity contribution < 1.29 is 0 Å². The van der Waals surface area contributed by atoms with Crippen molar-refractivity contribution >= 4 is 0 Å². The Morgan fingerprint density at radius 2 is 1.78 bits per heavy atom. The lowest BCUT2D eigenvalue weighted by Crippen LogP contribution is -2.30. The highest BCUT2D eigenvalue weighted by atomic mass is 15.4. The largest absolute Gasteiger partial charge is 0.317 e. The standard InChI is InChI=1S/C6H11N3/c1-3-7-4-2-5(1)6-8-9-6/h5-7H,1-4H2. The zero-order valence-electron chi connectivity index (χ0n) is 5.38. The molecule has 0 amide bonds.